The standard InChI is InChI=1S/C23H22N2O4/c26-22(24-10-7-17(8-11-24)25-12-14-29-23(25)27)21-6-2-4-19-18(3-1-5-20(19)21)16-9-13-28-15-16/h1-6,9,13,15,17H,7-8,10-12,14H2. The van der Waals surface area contributed by atoms with Crippen LogP contribution in [0.25, 0.3) is 21.9 Å². The van der Waals surface area contributed by atoms with Crippen LogP contribution in [0.15, 0.2) is 59.4 Å². The van der Waals surface area contributed by atoms with Crippen molar-refractivity contribution >= 4 is 22.8 Å². The van der Waals surface area contributed by atoms with Gasteiger partial charge in [0.05, 0.1) is 19.1 Å². The number of cyclic esters (lactones) is 1. The summed E-state index contributed by atoms with van der Waals surface area (Å²) in [5.74, 6) is 0.0439. The summed E-state index contributed by atoms with van der Waals surface area (Å²) in [7, 11) is 0. The number of benzene rings is 2. The van der Waals surface area contributed by atoms with Crippen molar-refractivity contribution in [1.29, 1.82) is 0 Å². The van der Waals surface area contributed by atoms with Crippen LogP contribution < -0.4 is 0 Å². The van der Waals surface area contributed by atoms with Gasteiger partial charge >= 0.3 is 6.09 Å². The van der Waals surface area contributed by atoms with Crippen LogP contribution in [0.5, 0.6) is 0 Å². The highest BCUT2D eigenvalue weighted by molar-refractivity contribution is 6.10. The smallest absolute Gasteiger partial charge is 0.410 e. The minimum atomic E-state index is -0.226. The third-order valence-corrected chi connectivity index (χ3v) is 5.97. The van der Waals surface area contributed by atoms with Gasteiger partial charge in [-0.2, -0.15) is 0 Å². The molecule has 0 radical (unpaired) electrons. The Morgan fingerprint density at radius 2 is 1.76 bits per heavy atom. The number of rotatable bonds is 3. The number of carbonyl (C=O) groups excluding carboxylic acids is 2. The van der Waals surface area contributed by atoms with Crippen molar-refractivity contribution in [2.45, 2.75) is 18.9 Å². The molecule has 2 aliphatic heterocycles. The lowest BCUT2D eigenvalue weighted by atomic mass is 9.95. The Morgan fingerprint density at radius 3 is 2.48 bits per heavy atom. The second-order valence-corrected chi connectivity index (χ2v) is 7.55. The molecule has 1 aromatic heterocycles. The summed E-state index contributed by atoms with van der Waals surface area (Å²) in [6.07, 6.45) is 4.72. The molecule has 148 valence electrons. The fraction of sp³-hybridized carbons (Fsp3) is 0.304. The Morgan fingerprint density at radius 1 is 0.966 bits per heavy atom. The topological polar surface area (TPSA) is 63.0 Å². The summed E-state index contributed by atoms with van der Waals surface area (Å²) in [5.41, 5.74) is 2.77. The van der Waals surface area contributed by atoms with E-state index in [9.17, 15) is 9.59 Å². The largest absolute Gasteiger partial charge is 0.472 e. The van der Waals surface area contributed by atoms with Crippen molar-refractivity contribution in [3.05, 3.63) is 60.6 Å². The van der Waals surface area contributed by atoms with E-state index in [1.807, 2.05) is 47.4 Å². The number of hydrogen-bond donors (Lipinski definition) is 0. The average Bonchev–Trinajstić information content (AvgIpc) is 3.44. The van der Waals surface area contributed by atoms with Crippen LogP contribution >= 0.6 is 0 Å². The lowest BCUT2D eigenvalue weighted by Crippen LogP contribution is -2.47. The maximum Gasteiger partial charge on any atom is 0.410 e. The van der Waals surface area contributed by atoms with Gasteiger partial charge in [-0.15, -0.1) is 0 Å². The molecule has 6 nitrogen and oxygen atoms in total. The van der Waals surface area contributed by atoms with Crippen LogP contribution in [-0.4, -0.2) is 54.1 Å². The maximum atomic E-state index is 13.3. The summed E-state index contributed by atoms with van der Waals surface area (Å²) in [6, 6.07) is 14.0. The van der Waals surface area contributed by atoms with Gasteiger partial charge in [0.1, 0.15) is 6.61 Å². The molecular formula is C23H22N2O4. The lowest BCUT2D eigenvalue weighted by Gasteiger charge is -2.35. The Kier molecular flexibility index (Phi) is 4.46. The Bertz CT molecular complexity index is 1050. The fourth-order valence-corrected chi connectivity index (χ4v) is 4.45. The first-order chi connectivity index (χ1) is 14.2. The number of nitrogens with zero attached hydrogens (tertiary/aromatic N) is 2. The number of amides is 2. The molecular weight excluding hydrogens is 368 g/mol. The normalized spacial score (nSPS) is 17.7. The molecule has 2 aromatic carbocycles. The van der Waals surface area contributed by atoms with Crippen molar-refractivity contribution in [3.8, 4) is 11.1 Å². The van der Waals surface area contributed by atoms with Crippen LogP contribution in [0.2, 0.25) is 0 Å². The second kappa shape index (κ2) is 7.28. The first-order valence-electron chi connectivity index (χ1n) is 9.99. The first kappa shape index (κ1) is 17.8. The number of carbonyl (C=O) groups is 2. The number of furan rings is 1. The Balaban J connectivity index is 1.39. The molecule has 5 rings (SSSR count). The lowest BCUT2D eigenvalue weighted by molar-refractivity contribution is 0.0660. The molecule has 0 atom stereocenters. The third kappa shape index (κ3) is 3.14. The molecule has 3 heterocycles. The summed E-state index contributed by atoms with van der Waals surface area (Å²) in [6.45, 7) is 2.40. The van der Waals surface area contributed by atoms with Crippen LogP contribution in [0, 0.1) is 0 Å². The quantitative estimate of drug-likeness (QED) is 0.674. The maximum absolute atomic E-state index is 13.3. The van der Waals surface area contributed by atoms with E-state index in [4.69, 9.17) is 9.15 Å². The van der Waals surface area contributed by atoms with E-state index in [1.165, 1.54) is 0 Å². The molecule has 0 unspecified atom stereocenters. The third-order valence-electron chi connectivity index (χ3n) is 5.97. The number of hydrogen-bond acceptors (Lipinski definition) is 4. The number of fused-ring (bicyclic) bond motifs is 1. The van der Waals surface area contributed by atoms with E-state index in [0.29, 0.717) is 31.8 Å². The SMILES string of the molecule is O=C(c1cccc2c(-c3ccoc3)cccc12)N1CCC(N2CCOC2=O)CC1. The molecule has 6 heteroatoms. The number of likely N-dealkylation sites (tertiary alicyclic amines) is 1. The van der Waals surface area contributed by atoms with E-state index >= 15 is 0 Å². The van der Waals surface area contributed by atoms with E-state index in [2.05, 4.69) is 0 Å². The zero-order valence-electron chi connectivity index (χ0n) is 16.0. The number of ether oxygens (including phenoxy) is 1. The first-order valence-corrected chi connectivity index (χ1v) is 9.99. The molecule has 3 aromatic rings. The van der Waals surface area contributed by atoms with Crippen molar-refractivity contribution < 1.29 is 18.7 Å². The monoisotopic (exact) mass is 390 g/mol. The number of piperidine rings is 1. The predicted octanol–water partition coefficient (Wildman–Crippen LogP) is 4.16. The van der Waals surface area contributed by atoms with Gasteiger partial charge in [-0.05, 0) is 41.3 Å². The molecule has 2 saturated heterocycles. The molecule has 29 heavy (non-hydrogen) atoms. The highest BCUT2D eigenvalue weighted by Gasteiger charge is 2.33. The minimum Gasteiger partial charge on any atom is -0.472 e. The second-order valence-electron chi connectivity index (χ2n) is 7.55. The molecule has 0 saturated carbocycles. The van der Waals surface area contributed by atoms with Crippen molar-refractivity contribution in [2.24, 2.45) is 0 Å². The van der Waals surface area contributed by atoms with Crippen molar-refractivity contribution in [1.82, 2.24) is 9.80 Å². The summed E-state index contributed by atoms with van der Waals surface area (Å²) in [5, 5.41) is 1.98. The highest BCUT2D eigenvalue weighted by atomic mass is 16.6. The van der Waals surface area contributed by atoms with Crippen LogP contribution in [0.1, 0.15) is 23.2 Å². The average molecular weight is 390 g/mol. The van der Waals surface area contributed by atoms with Gasteiger partial charge in [-0.3, -0.25) is 4.79 Å². The molecule has 0 N–H and O–H groups in total. The zero-order chi connectivity index (χ0) is 19.8. The summed E-state index contributed by atoms with van der Waals surface area (Å²) < 4.78 is 10.3. The van der Waals surface area contributed by atoms with Gasteiger partial charge in [0, 0.05) is 30.3 Å². The van der Waals surface area contributed by atoms with Crippen molar-refractivity contribution in [2.75, 3.05) is 26.2 Å². The van der Waals surface area contributed by atoms with Gasteiger partial charge in [0.15, 0.2) is 0 Å². The molecule has 2 aliphatic rings. The summed E-state index contributed by atoms with van der Waals surface area (Å²) in [4.78, 5) is 28.8. The molecule has 0 spiro atoms. The van der Waals surface area contributed by atoms with E-state index < -0.39 is 0 Å². The predicted molar refractivity (Wildman–Crippen MR) is 109 cm³/mol. The van der Waals surface area contributed by atoms with Gasteiger partial charge in [0.2, 0.25) is 0 Å². The van der Waals surface area contributed by atoms with E-state index in [-0.39, 0.29) is 18.0 Å². The van der Waals surface area contributed by atoms with Gasteiger partial charge < -0.3 is 19.0 Å². The molecule has 0 bridgehead atoms. The van der Waals surface area contributed by atoms with Gasteiger partial charge in [-0.1, -0.05) is 30.3 Å². The van der Waals surface area contributed by atoms with E-state index in [0.717, 1.165) is 34.7 Å². The van der Waals surface area contributed by atoms with Gasteiger partial charge in [-0.25, -0.2) is 4.79 Å². The van der Waals surface area contributed by atoms with Gasteiger partial charge in [0.25, 0.3) is 5.91 Å². The van der Waals surface area contributed by atoms with E-state index in [1.54, 1.807) is 17.4 Å². The Labute approximate surface area is 168 Å². The fourth-order valence-electron chi connectivity index (χ4n) is 4.45. The van der Waals surface area contributed by atoms with Crippen LogP contribution in [-0.2, 0) is 4.74 Å². The highest BCUT2D eigenvalue weighted by Crippen LogP contribution is 2.31. The van der Waals surface area contributed by atoms with Crippen molar-refractivity contribution in [3.63, 3.8) is 0 Å². The van der Waals surface area contributed by atoms with Crippen LogP contribution in [0.4, 0.5) is 4.79 Å². The molecule has 2 amide bonds. The molecule has 2 fully saturated rings. The molecule has 0 aliphatic carbocycles. The Hall–Kier alpha value is -3.28. The zero-order valence-corrected chi connectivity index (χ0v) is 16.0. The van der Waals surface area contributed by atoms with Crippen LogP contribution in [0.3, 0.4) is 0 Å². The summed E-state index contributed by atoms with van der Waals surface area (Å²) >= 11 is 0. The minimum absolute atomic E-state index is 0.0439.